The van der Waals surface area contributed by atoms with Crippen molar-refractivity contribution in [1.82, 2.24) is 19.4 Å². The van der Waals surface area contributed by atoms with Crippen LogP contribution in [0.1, 0.15) is 5.69 Å². The monoisotopic (exact) mass is 286 g/mol. The van der Waals surface area contributed by atoms with Crippen LogP contribution in [-0.4, -0.2) is 19.4 Å². The van der Waals surface area contributed by atoms with Gasteiger partial charge in [0.15, 0.2) is 0 Å². The Kier molecular flexibility index (Phi) is 2.93. The standard InChI is InChI=1S/C18H14N4/c1-13-4-5-14(9-21-13)16-7-17(15-3-2-6-19-8-15)18-10-20-12-22(18)11-16/h2-12H,1H3. The molecule has 106 valence electrons. The molecule has 0 radical (unpaired) electrons. The van der Waals surface area contributed by atoms with Gasteiger partial charge in [0.2, 0.25) is 0 Å². The highest BCUT2D eigenvalue weighted by Crippen LogP contribution is 2.29. The summed E-state index contributed by atoms with van der Waals surface area (Å²) >= 11 is 0. The SMILES string of the molecule is Cc1ccc(-c2cc(-c3cccnc3)c3cncn3c2)cn1. The van der Waals surface area contributed by atoms with E-state index < -0.39 is 0 Å². The van der Waals surface area contributed by atoms with Crippen molar-refractivity contribution in [2.75, 3.05) is 0 Å². The fraction of sp³-hybridized carbons (Fsp3) is 0.0556. The van der Waals surface area contributed by atoms with Gasteiger partial charge in [-0.1, -0.05) is 12.1 Å². The third kappa shape index (κ3) is 2.15. The van der Waals surface area contributed by atoms with Gasteiger partial charge in [-0.2, -0.15) is 0 Å². The average Bonchev–Trinajstić information content (AvgIpc) is 3.04. The lowest BCUT2D eigenvalue weighted by Gasteiger charge is -2.09. The van der Waals surface area contributed by atoms with Crippen molar-refractivity contribution >= 4 is 5.52 Å². The number of hydrogen-bond acceptors (Lipinski definition) is 3. The molecule has 22 heavy (non-hydrogen) atoms. The molecule has 4 heterocycles. The minimum Gasteiger partial charge on any atom is -0.305 e. The summed E-state index contributed by atoms with van der Waals surface area (Å²) in [6.45, 7) is 1.99. The van der Waals surface area contributed by atoms with E-state index in [1.54, 1.807) is 6.20 Å². The first kappa shape index (κ1) is 12.7. The molecule has 0 aliphatic carbocycles. The number of imidazole rings is 1. The molecule has 0 bridgehead atoms. The van der Waals surface area contributed by atoms with Gasteiger partial charge in [-0.25, -0.2) is 4.98 Å². The predicted octanol–water partition coefficient (Wildman–Crippen LogP) is 3.77. The second-order valence-corrected chi connectivity index (χ2v) is 5.26. The van der Waals surface area contributed by atoms with Gasteiger partial charge >= 0.3 is 0 Å². The van der Waals surface area contributed by atoms with Crippen LogP contribution in [0.4, 0.5) is 0 Å². The molecule has 4 rings (SSSR count). The average molecular weight is 286 g/mol. The predicted molar refractivity (Wildman–Crippen MR) is 86.4 cm³/mol. The van der Waals surface area contributed by atoms with E-state index in [1.807, 2.05) is 48.4 Å². The Bertz CT molecular complexity index is 924. The number of rotatable bonds is 2. The van der Waals surface area contributed by atoms with Crippen molar-refractivity contribution in [2.24, 2.45) is 0 Å². The van der Waals surface area contributed by atoms with E-state index in [2.05, 4.69) is 39.3 Å². The second-order valence-electron chi connectivity index (χ2n) is 5.26. The van der Waals surface area contributed by atoms with Crippen molar-refractivity contribution in [3.63, 3.8) is 0 Å². The molecule has 0 saturated carbocycles. The number of nitrogens with zero attached hydrogens (tertiary/aromatic N) is 4. The Morgan fingerprint density at radius 3 is 2.64 bits per heavy atom. The zero-order chi connectivity index (χ0) is 14.9. The number of aryl methyl sites for hydroxylation is 1. The zero-order valence-corrected chi connectivity index (χ0v) is 12.1. The molecule has 0 N–H and O–H groups in total. The summed E-state index contributed by atoms with van der Waals surface area (Å²) in [6.07, 6.45) is 11.3. The van der Waals surface area contributed by atoms with E-state index >= 15 is 0 Å². The van der Waals surface area contributed by atoms with E-state index in [0.29, 0.717) is 0 Å². The van der Waals surface area contributed by atoms with Gasteiger partial charge in [0.25, 0.3) is 0 Å². The first-order valence-corrected chi connectivity index (χ1v) is 7.10. The zero-order valence-electron chi connectivity index (χ0n) is 12.1. The lowest BCUT2D eigenvalue weighted by molar-refractivity contribution is 1.15. The lowest BCUT2D eigenvalue weighted by Crippen LogP contribution is -1.91. The van der Waals surface area contributed by atoms with Crippen LogP contribution in [-0.2, 0) is 0 Å². The van der Waals surface area contributed by atoms with E-state index in [-0.39, 0.29) is 0 Å². The first-order valence-electron chi connectivity index (χ1n) is 7.10. The Morgan fingerprint density at radius 1 is 0.909 bits per heavy atom. The Hall–Kier alpha value is -3.01. The Morgan fingerprint density at radius 2 is 1.86 bits per heavy atom. The van der Waals surface area contributed by atoms with Gasteiger partial charge < -0.3 is 4.40 Å². The highest BCUT2D eigenvalue weighted by molar-refractivity contribution is 5.83. The van der Waals surface area contributed by atoms with Crippen LogP contribution in [0, 0.1) is 6.92 Å². The van der Waals surface area contributed by atoms with Crippen molar-refractivity contribution in [3.05, 3.63) is 73.3 Å². The maximum absolute atomic E-state index is 4.39. The van der Waals surface area contributed by atoms with E-state index in [1.165, 1.54) is 0 Å². The van der Waals surface area contributed by atoms with Crippen LogP contribution in [0.25, 0.3) is 27.8 Å². The van der Waals surface area contributed by atoms with E-state index in [9.17, 15) is 0 Å². The van der Waals surface area contributed by atoms with Crippen LogP contribution in [0.5, 0.6) is 0 Å². The molecule has 4 aromatic heterocycles. The van der Waals surface area contributed by atoms with Gasteiger partial charge in [0.1, 0.15) is 0 Å². The molecule has 0 aliphatic rings. The third-order valence-corrected chi connectivity index (χ3v) is 3.74. The van der Waals surface area contributed by atoms with Crippen molar-refractivity contribution in [2.45, 2.75) is 6.92 Å². The minimum atomic E-state index is 1.01. The van der Waals surface area contributed by atoms with Crippen LogP contribution >= 0.6 is 0 Å². The summed E-state index contributed by atoms with van der Waals surface area (Å²) < 4.78 is 2.04. The topological polar surface area (TPSA) is 43.1 Å². The lowest BCUT2D eigenvalue weighted by atomic mass is 10.0. The molecule has 0 atom stereocenters. The van der Waals surface area contributed by atoms with E-state index in [4.69, 9.17) is 0 Å². The van der Waals surface area contributed by atoms with Crippen LogP contribution in [0.2, 0.25) is 0 Å². The van der Waals surface area contributed by atoms with Crippen LogP contribution in [0.15, 0.2) is 67.6 Å². The maximum atomic E-state index is 4.39. The molecule has 0 unspecified atom stereocenters. The first-order chi connectivity index (χ1) is 10.8. The normalized spacial score (nSPS) is 11.0. The third-order valence-electron chi connectivity index (χ3n) is 3.74. The maximum Gasteiger partial charge on any atom is 0.0992 e. The van der Waals surface area contributed by atoms with Crippen molar-refractivity contribution in [1.29, 1.82) is 0 Å². The quantitative estimate of drug-likeness (QED) is 0.563. The minimum absolute atomic E-state index is 1.01. The fourth-order valence-electron chi connectivity index (χ4n) is 2.58. The van der Waals surface area contributed by atoms with E-state index in [0.717, 1.165) is 33.5 Å². The molecule has 0 aliphatic heterocycles. The van der Waals surface area contributed by atoms with Crippen molar-refractivity contribution < 1.29 is 0 Å². The Labute approximate surface area is 128 Å². The smallest absolute Gasteiger partial charge is 0.0992 e. The molecule has 0 spiro atoms. The summed E-state index contributed by atoms with van der Waals surface area (Å²) in [7, 11) is 0. The number of hydrogen-bond donors (Lipinski definition) is 0. The molecule has 0 fully saturated rings. The molecule has 0 aromatic carbocycles. The van der Waals surface area contributed by atoms with Gasteiger partial charge in [0, 0.05) is 52.7 Å². The van der Waals surface area contributed by atoms with Crippen molar-refractivity contribution in [3.8, 4) is 22.3 Å². The molecular weight excluding hydrogens is 272 g/mol. The molecule has 4 nitrogen and oxygen atoms in total. The van der Waals surface area contributed by atoms with Crippen LogP contribution < -0.4 is 0 Å². The molecule has 4 heteroatoms. The summed E-state index contributed by atoms with van der Waals surface area (Å²) in [5.74, 6) is 0. The van der Waals surface area contributed by atoms with Gasteiger partial charge in [0.05, 0.1) is 18.0 Å². The summed E-state index contributed by atoms with van der Waals surface area (Å²) in [4.78, 5) is 12.9. The molecule has 0 amide bonds. The van der Waals surface area contributed by atoms with Crippen LogP contribution in [0.3, 0.4) is 0 Å². The van der Waals surface area contributed by atoms with Gasteiger partial charge in [-0.3, -0.25) is 9.97 Å². The molecular formula is C18H14N4. The summed E-state index contributed by atoms with van der Waals surface area (Å²) in [5, 5.41) is 0. The highest BCUT2D eigenvalue weighted by atomic mass is 15.0. The molecule has 4 aromatic rings. The fourth-order valence-corrected chi connectivity index (χ4v) is 2.58. The largest absolute Gasteiger partial charge is 0.305 e. The second kappa shape index (κ2) is 5.07. The number of fused-ring (bicyclic) bond motifs is 1. The van der Waals surface area contributed by atoms with Gasteiger partial charge in [-0.05, 0) is 25.1 Å². The number of aromatic nitrogens is 4. The highest BCUT2D eigenvalue weighted by Gasteiger charge is 2.09. The number of pyridine rings is 3. The summed E-state index contributed by atoms with van der Waals surface area (Å²) in [6, 6.07) is 10.3. The van der Waals surface area contributed by atoms with Gasteiger partial charge in [-0.15, -0.1) is 0 Å². The molecule has 0 saturated heterocycles. The Balaban J connectivity index is 1.96. The summed E-state index contributed by atoms with van der Waals surface area (Å²) in [5.41, 5.74) is 6.47.